The molecule has 0 spiro atoms. The fourth-order valence-corrected chi connectivity index (χ4v) is 3.68. The third-order valence-corrected chi connectivity index (χ3v) is 9.35. The van der Waals surface area contributed by atoms with Gasteiger partial charge >= 0.3 is 0 Å². The Labute approximate surface area is 136 Å². The first-order valence-electron chi connectivity index (χ1n) is 7.20. The number of carbonyl (C=O) groups excluding carboxylic acids is 1. The number of halogens is 1. The van der Waals surface area contributed by atoms with Gasteiger partial charge in [0.2, 0.25) is 5.91 Å². The van der Waals surface area contributed by atoms with Crippen LogP contribution in [0.4, 0.5) is 5.82 Å². The van der Waals surface area contributed by atoms with Crippen LogP contribution in [0.2, 0.25) is 18.1 Å². The molecule has 0 radical (unpaired) electrons. The Kier molecular flexibility index (Phi) is 4.61. The molecule has 116 valence electrons. The summed E-state index contributed by atoms with van der Waals surface area (Å²) in [6.07, 6.45) is 2.14. The van der Waals surface area contributed by atoms with Gasteiger partial charge in [-0.1, -0.05) is 20.8 Å². The van der Waals surface area contributed by atoms with E-state index in [1.807, 2.05) is 12.1 Å². The molecule has 21 heavy (non-hydrogen) atoms. The van der Waals surface area contributed by atoms with Gasteiger partial charge in [-0.25, -0.2) is 4.98 Å². The summed E-state index contributed by atoms with van der Waals surface area (Å²) >= 11 is 3.36. The fourth-order valence-electron chi connectivity index (χ4n) is 2.10. The zero-order chi connectivity index (χ0) is 15.8. The third kappa shape index (κ3) is 3.73. The van der Waals surface area contributed by atoms with Gasteiger partial charge < -0.3 is 4.43 Å². The lowest BCUT2D eigenvalue weighted by Gasteiger charge is -2.38. The molecular formula is C15H23BrN2O2Si. The quantitative estimate of drug-likeness (QED) is 0.755. The number of anilines is 1. The van der Waals surface area contributed by atoms with Crippen molar-refractivity contribution in [2.45, 2.75) is 51.4 Å². The van der Waals surface area contributed by atoms with Crippen molar-refractivity contribution in [3.63, 3.8) is 0 Å². The first kappa shape index (κ1) is 16.6. The van der Waals surface area contributed by atoms with Gasteiger partial charge in [-0.15, -0.1) is 0 Å². The van der Waals surface area contributed by atoms with E-state index in [2.05, 4.69) is 54.8 Å². The summed E-state index contributed by atoms with van der Waals surface area (Å²) in [5, 5.41) is 0.152. The summed E-state index contributed by atoms with van der Waals surface area (Å²) in [7, 11) is -1.85. The van der Waals surface area contributed by atoms with Crippen LogP contribution in [0.15, 0.2) is 22.8 Å². The number of amides is 1. The molecule has 2 rings (SSSR count). The number of rotatable bonds is 3. The van der Waals surface area contributed by atoms with Crippen LogP contribution in [0.5, 0.6) is 0 Å². The monoisotopic (exact) mass is 370 g/mol. The number of hydrogen-bond acceptors (Lipinski definition) is 3. The van der Waals surface area contributed by atoms with Gasteiger partial charge in [0.05, 0.1) is 19.1 Å². The van der Waals surface area contributed by atoms with E-state index in [0.717, 1.165) is 4.47 Å². The average molecular weight is 371 g/mol. The summed E-state index contributed by atoms with van der Waals surface area (Å²) in [5.41, 5.74) is 0. The second-order valence-electron chi connectivity index (χ2n) is 7.04. The van der Waals surface area contributed by atoms with Crippen LogP contribution in [0.25, 0.3) is 0 Å². The Hall–Kier alpha value is -0.723. The van der Waals surface area contributed by atoms with Crippen LogP contribution in [-0.4, -0.2) is 31.9 Å². The van der Waals surface area contributed by atoms with Crippen LogP contribution in [0, 0.1) is 0 Å². The second kappa shape index (κ2) is 5.82. The van der Waals surface area contributed by atoms with E-state index in [1.165, 1.54) is 0 Å². The zero-order valence-corrected chi connectivity index (χ0v) is 15.9. The fraction of sp³-hybridized carbons (Fsp3) is 0.600. The van der Waals surface area contributed by atoms with E-state index < -0.39 is 8.32 Å². The molecule has 4 nitrogen and oxygen atoms in total. The molecule has 1 amide bonds. The topological polar surface area (TPSA) is 42.4 Å². The number of aromatic nitrogens is 1. The van der Waals surface area contributed by atoms with Gasteiger partial charge in [0.25, 0.3) is 0 Å². The predicted molar refractivity (Wildman–Crippen MR) is 91.0 cm³/mol. The summed E-state index contributed by atoms with van der Waals surface area (Å²) in [6, 6.07) is 3.76. The van der Waals surface area contributed by atoms with Crippen LogP contribution >= 0.6 is 15.9 Å². The Balaban J connectivity index is 2.08. The van der Waals surface area contributed by atoms with E-state index in [-0.39, 0.29) is 17.0 Å². The van der Waals surface area contributed by atoms with E-state index >= 15 is 0 Å². The van der Waals surface area contributed by atoms with Crippen molar-refractivity contribution < 1.29 is 9.22 Å². The molecule has 1 aromatic rings. The molecule has 1 fully saturated rings. The Morgan fingerprint density at radius 1 is 1.38 bits per heavy atom. The predicted octanol–water partition coefficient (Wildman–Crippen LogP) is 3.97. The minimum absolute atomic E-state index is 0.0242. The maximum Gasteiger partial charge on any atom is 0.230 e. The smallest absolute Gasteiger partial charge is 0.230 e. The molecule has 1 aromatic heterocycles. The lowest BCUT2D eigenvalue weighted by Crippen LogP contribution is -2.44. The Bertz CT molecular complexity index is 525. The van der Waals surface area contributed by atoms with Gasteiger partial charge in [0.15, 0.2) is 8.32 Å². The highest BCUT2D eigenvalue weighted by Crippen LogP contribution is 2.38. The lowest BCUT2D eigenvalue weighted by molar-refractivity contribution is -0.117. The highest BCUT2D eigenvalue weighted by atomic mass is 79.9. The van der Waals surface area contributed by atoms with Crippen molar-refractivity contribution in [2.24, 2.45) is 0 Å². The molecule has 1 aliphatic heterocycles. The molecule has 0 unspecified atom stereocenters. The summed E-state index contributed by atoms with van der Waals surface area (Å²) < 4.78 is 7.26. The first-order chi connectivity index (χ1) is 9.60. The van der Waals surface area contributed by atoms with Gasteiger partial charge in [-0.3, -0.25) is 9.69 Å². The number of carbonyl (C=O) groups is 1. The molecule has 1 aliphatic rings. The van der Waals surface area contributed by atoms with Crippen LogP contribution in [-0.2, 0) is 9.22 Å². The molecular weight excluding hydrogens is 348 g/mol. The van der Waals surface area contributed by atoms with Gasteiger partial charge in [0, 0.05) is 10.7 Å². The minimum atomic E-state index is -1.85. The van der Waals surface area contributed by atoms with Crippen molar-refractivity contribution in [1.29, 1.82) is 0 Å². The minimum Gasteiger partial charge on any atom is -0.412 e. The highest BCUT2D eigenvalue weighted by Gasteiger charge is 2.42. The summed E-state index contributed by atoms with van der Waals surface area (Å²) in [4.78, 5) is 18.2. The molecule has 0 aliphatic carbocycles. The van der Waals surface area contributed by atoms with Gasteiger partial charge in [-0.05, 0) is 46.2 Å². The summed E-state index contributed by atoms with van der Waals surface area (Å²) in [6.45, 7) is 11.7. The average Bonchev–Trinajstić information content (AvgIpc) is 2.69. The molecule has 0 bridgehead atoms. The van der Waals surface area contributed by atoms with Crippen molar-refractivity contribution in [3.05, 3.63) is 22.8 Å². The first-order valence-corrected chi connectivity index (χ1v) is 10.9. The van der Waals surface area contributed by atoms with Gasteiger partial charge in [0.1, 0.15) is 5.82 Å². The van der Waals surface area contributed by atoms with Crippen LogP contribution in [0.1, 0.15) is 27.2 Å². The van der Waals surface area contributed by atoms with Crippen molar-refractivity contribution in [2.75, 3.05) is 11.4 Å². The second-order valence-corrected chi connectivity index (χ2v) is 12.7. The maximum absolute atomic E-state index is 12.2. The Morgan fingerprint density at radius 2 is 2.05 bits per heavy atom. The van der Waals surface area contributed by atoms with Crippen molar-refractivity contribution >= 4 is 36.0 Å². The number of nitrogens with zero attached hydrogens (tertiary/aromatic N) is 2. The molecule has 0 aromatic carbocycles. The zero-order valence-electron chi connectivity index (χ0n) is 13.3. The third-order valence-electron chi connectivity index (χ3n) is 4.35. The van der Waals surface area contributed by atoms with Crippen molar-refractivity contribution in [3.8, 4) is 0 Å². The van der Waals surface area contributed by atoms with E-state index in [4.69, 9.17) is 4.43 Å². The van der Waals surface area contributed by atoms with Crippen molar-refractivity contribution in [1.82, 2.24) is 4.98 Å². The molecule has 1 atom stereocenters. The number of pyridine rings is 1. The van der Waals surface area contributed by atoms with E-state index in [9.17, 15) is 4.79 Å². The van der Waals surface area contributed by atoms with Crippen LogP contribution in [0.3, 0.4) is 0 Å². The van der Waals surface area contributed by atoms with Gasteiger partial charge in [-0.2, -0.15) is 0 Å². The van der Waals surface area contributed by atoms with Crippen LogP contribution < -0.4 is 4.90 Å². The maximum atomic E-state index is 12.2. The largest absolute Gasteiger partial charge is 0.412 e. The normalized spacial score (nSPS) is 20.2. The SMILES string of the molecule is CC(C)(C)[Si](C)(C)O[C@H]1CC(=O)N(c2ccc(Br)cn2)C1. The molecule has 2 heterocycles. The highest BCUT2D eigenvalue weighted by molar-refractivity contribution is 9.10. The Morgan fingerprint density at radius 3 is 2.57 bits per heavy atom. The molecule has 0 saturated carbocycles. The molecule has 1 saturated heterocycles. The molecule has 0 N–H and O–H groups in total. The lowest BCUT2D eigenvalue weighted by atomic mass is 10.2. The van der Waals surface area contributed by atoms with E-state index in [1.54, 1.807) is 11.1 Å². The standard InChI is InChI=1S/C15H23BrN2O2Si/c1-15(2,3)21(4,5)20-12-8-14(19)18(10-12)13-7-6-11(16)9-17-13/h6-7,9,12H,8,10H2,1-5H3/t12-/m0/s1. The summed E-state index contributed by atoms with van der Waals surface area (Å²) in [5.74, 6) is 0.790. The molecule has 6 heteroatoms. The number of hydrogen-bond donors (Lipinski definition) is 0. The van der Waals surface area contributed by atoms with E-state index in [0.29, 0.717) is 18.8 Å².